The summed E-state index contributed by atoms with van der Waals surface area (Å²) in [4.78, 5) is 0. The fourth-order valence-electron chi connectivity index (χ4n) is 6.16. The van der Waals surface area contributed by atoms with Gasteiger partial charge in [0.15, 0.2) is 0 Å². The van der Waals surface area contributed by atoms with Crippen LogP contribution in [0.5, 0.6) is 0 Å². The molecule has 0 aromatic heterocycles. The molecular formula is C27H54Ce. The molecule has 166 valence electrons. The Labute approximate surface area is 213 Å². The third-order valence-corrected chi connectivity index (χ3v) is 10.1. The van der Waals surface area contributed by atoms with Crippen LogP contribution < -0.4 is 0 Å². The van der Waals surface area contributed by atoms with Gasteiger partial charge >= 0.3 is 0 Å². The molecule has 0 aromatic carbocycles. The maximum absolute atomic E-state index is 2.39. The molecule has 0 radical (unpaired) electrons. The molecule has 0 saturated heterocycles. The van der Waals surface area contributed by atoms with Crippen LogP contribution in [-0.4, -0.2) is 0 Å². The Balaban J connectivity index is 0.000000384. The molecule has 3 fully saturated rings. The second kappa shape index (κ2) is 13.0. The van der Waals surface area contributed by atoms with Gasteiger partial charge in [0.1, 0.15) is 0 Å². The van der Waals surface area contributed by atoms with Crippen LogP contribution in [0.2, 0.25) is 0 Å². The molecule has 0 aromatic rings. The molecule has 3 saturated carbocycles. The Morgan fingerprint density at radius 2 is 0.393 bits per heavy atom. The van der Waals surface area contributed by atoms with Crippen molar-refractivity contribution in [3.8, 4) is 0 Å². The van der Waals surface area contributed by atoms with Gasteiger partial charge in [0.05, 0.1) is 0 Å². The van der Waals surface area contributed by atoms with Crippen LogP contribution in [0.1, 0.15) is 102 Å². The van der Waals surface area contributed by atoms with Crippen LogP contribution in [0.15, 0.2) is 0 Å². The van der Waals surface area contributed by atoms with Gasteiger partial charge < -0.3 is 0 Å². The summed E-state index contributed by atoms with van der Waals surface area (Å²) in [5.74, 6) is 11.6. The fourth-order valence-corrected chi connectivity index (χ4v) is 6.16. The quantitative estimate of drug-likeness (QED) is 0.300. The predicted molar refractivity (Wildman–Crippen MR) is 124 cm³/mol. The second-order valence-electron chi connectivity index (χ2n) is 11.7. The molecular weight excluding hydrogens is 464 g/mol. The molecule has 0 nitrogen and oxygen atoms in total. The van der Waals surface area contributed by atoms with Crippen LogP contribution in [0, 0.1) is 113 Å². The maximum Gasteiger partial charge on any atom is 0 e. The van der Waals surface area contributed by atoms with E-state index >= 15 is 0 Å². The van der Waals surface area contributed by atoms with Crippen molar-refractivity contribution < 1.29 is 41.7 Å². The summed E-state index contributed by atoms with van der Waals surface area (Å²) in [6.45, 7) is 28.6. The first-order valence-electron chi connectivity index (χ1n) is 12.4. The topological polar surface area (TPSA) is 0 Å². The number of hydrogen-bond donors (Lipinski definition) is 0. The Kier molecular flexibility index (Phi) is 13.7. The molecule has 28 heavy (non-hydrogen) atoms. The molecule has 3 aliphatic carbocycles. The maximum atomic E-state index is 2.39. The van der Waals surface area contributed by atoms with Crippen LogP contribution >= 0.6 is 0 Å². The normalized spacial score (nSPS) is 50.1. The molecule has 0 bridgehead atoms. The van der Waals surface area contributed by atoms with E-state index < -0.39 is 0 Å². The molecule has 3 aliphatic rings. The van der Waals surface area contributed by atoms with Gasteiger partial charge in [-0.25, -0.2) is 0 Å². The zero-order valence-corrected chi connectivity index (χ0v) is 24.7. The summed E-state index contributed by atoms with van der Waals surface area (Å²) in [6.07, 6.45) is 4.34. The minimum Gasteiger partial charge on any atom is -0.0622 e. The van der Waals surface area contributed by atoms with Crippen LogP contribution in [0.3, 0.4) is 0 Å². The Bertz CT molecular complexity index is 321. The third-order valence-electron chi connectivity index (χ3n) is 10.1. The third kappa shape index (κ3) is 7.81. The van der Waals surface area contributed by atoms with Crippen LogP contribution in [0.25, 0.3) is 0 Å². The van der Waals surface area contributed by atoms with Crippen LogP contribution in [0.4, 0.5) is 0 Å². The smallest absolute Gasteiger partial charge is 0 e. The summed E-state index contributed by atoms with van der Waals surface area (Å²) >= 11 is 0. The van der Waals surface area contributed by atoms with Gasteiger partial charge in [-0.2, -0.15) is 0 Å². The van der Waals surface area contributed by atoms with Crippen molar-refractivity contribution in [1.29, 1.82) is 0 Å². The Hall–Kier alpha value is 1.38. The Morgan fingerprint density at radius 1 is 0.286 bits per heavy atom. The second-order valence-corrected chi connectivity index (χ2v) is 11.7. The first-order chi connectivity index (χ1) is 12.4. The summed E-state index contributed by atoms with van der Waals surface area (Å²) in [7, 11) is 0. The monoisotopic (exact) mass is 518 g/mol. The summed E-state index contributed by atoms with van der Waals surface area (Å²) in [5.41, 5.74) is 0. The standard InChI is InChI=1S/3C9H18.Ce/c3*1-6-5-7(2)9(4)8(6)3;/h3*6-9H,5H2,1-4H3;. The van der Waals surface area contributed by atoms with Crippen molar-refractivity contribution in [3.63, 3.8) is 0 Å². The van der Waals surface area contributed by atoms with E-state index in [4.69, 9.17) is 0 Å². The van der Waals surface area contributed by atoms with E-state index in [1.54, 1.807) is 0 Å². The SMILES string of the molecule is CC1CC(C)C(C)C1C.CC1CC(C)C(C)C1C.CC1CC(C)C(C)C1C.[Ce]. The Morgan fingerprint density at radius 3 is 0.429 bits per heavy atom. The average molecular weight is 519 g/mol. The largest absolute Gasteiger partial charge is 0.0622 e. The van der Waals surface area contributed by atoms with E-state index in [0.717, 1.165) is 71.0 Å². The average Bonchev–Trinajstić information content (AvgIpc) is 3.07. The van der Waals surface area contributed by atoms with Crippen LogP contribution in [-0.2, 0) is 0 Å². The summed E-state index contributed by atoms with van der Waals surface area (Å²) in [6, 6.07) is 0. The molecule has 3 rings (SSSR count). The summed E-state index contributed by atoms with van der Waals surface area (Å²) in [5, 5.41) is 0. The van der Waals surface area contributed by atoms with Gasteiger partial charge in [-0.05, 0) is 90.3 Å². The first kappa shape index (κ1) is 29.4. The minimum absolute atomic E-state index is 0. The molecule has 1 heteroatoms. The van der Waals surface area contributed by atoms with Crippen molar-refractivity contribution in [2.75, 3.05) is 0 Å². The molecule has 0 aliphatic heterocycles. The van der Waals surface area contributed by atoms with Gasteiger partial charge in [-0.1, -0.05) is 83.1 Å². The number of rotatable bonds is 0. The van der Waals surface area contributed by atoms with Crippen molar-refractivity contribution in [1.82, 2.24) is 0 Å². The molecule has 0 heterocycles. The zero-order chi connectivity index (χ0) is 21.0. The molecule has 0 amide bonds. The molecule has 0 N–H and O–H groups in total. The number of hydrogen-bond acceptors (Lipinski definition) is 0. The van der Waals surface area contributed by atoms with Crippen molar-refractivity contribution in [2.45, 2.75) is 102 Å². The minimum atomic E-state index is 0. The van der Waals surface area contributed by atoms with E-state index in [1.807, 2.05) is 0 Å². The van der Waals surface area contributed by atoms with Gasteiger partial charge in [0, 0.05) is 41.7 Å². The van der Waals surface area contributed by atoms with E-state index in [2.05, 4.69) is 83.1 Å². The van der Waals surface area contributed by atoms with E-state index in [0.29, 0.717) is 0 Å². The van der Waals surface area contributed by atoms with Gasteiger partial charge in [-0.3, -0.25) is 0 Å². The summed E-state index contributed by atoms with van der Waals surface area (Å²) < 4.78 is 0. The van der Waals surface area contributed by atoms with Gasteiger partial charge in [0.25, 0.3) is 0 Å². The van der Waals surface area contributed by atoms with Gasteiger partial charge in [-0.15, -0.1) is 0 Å². The molecule has 12 unspecified atom stereocenters. The van der Waals surface area contributed by atoms with Gasteiger partial charge in [0.2, 0.25) is 0 Å². The van der Waals surface area contributed by atoms with E-state index in [9.17, 15) is 0 Å². The van der Waals surface area contributed by atoms with E-state index in [-0.39, 0.29) is 41.7 Å². The van der Waals surface area contributed by atoms with Crippen molar-refractivity contribution in [2.24, 2.45) is 71.0 Å². The van der Waals surface area contributed by atoms with E-state index in [1.165, 1.54) is 19.3 Å². The first-order valence-corrected chi connectivity index (χ1v) is 12.4. The zero-order valence-electron chi connectivity index (χ0n) is 21.5. The molecule has 12 atom stereocenters. The van der Waals surface area contributed by atoms with Crippen molar-refractivity contribution in [3.05, 3.63) is 0 Å². The fraction of sp³-hybridized carbons (Fsp3) is 1.00. The molecule has 0 spiro atoms. The predicted octanol–water partition coefficient (Wildman–Crippen LogP) is 8.80. The van der Waals surface area contributed by atoms with Crippen molar-refractivity contribution >= 4 is 0 Å².